The van der Waals surface area contributed by atoms with Crippen molar-refractivity contribution in [1.82, 2.24) is 25.4 Å². The summed E-state index contributed by atoms with van der Waals surface area (Å²) >= 11 is 1.22. The summed E-state index contributed by atoms with van der Waals surface area (Å²) in [5.41, 5.74) is 4.16. The molecule has 0 saturated carbocycles. The number of amides is 3. The molecule has 0 radical (unpaired) electrons. The Hall–Kier alpha value is -3.17. The number of rotatable bonds is 8. The molecule has 0 aliphatic heterocycles. The number of nitrogens with one attached hydrogen (secondary N) is 2. The summed E-state index contributed by atoms with van der Waals surface area (Å²) in [4.78, 5) is 23.9. The van der Waals surface area contributed by atoms with Crippen molar-refractivity contribution in [2.45, 2.75) is 19.0 Å². The van der Waals surface area contributed by atoms with Crippen LogP contribution in [0.4, 0.5) is 4.79 Å². The van der Waals surface area contributed by atoms with E-state index >= 15 is 0 Å². The number of carbonyl (C=O) groups is 2. The van der Waals surface area contributed by atoms with Crippen LogP contribution in [0.2, 0.25) is 0 Å². The number of urea groups is 1. The highest BCUT2D eigenvalue weighted by Crippen LogP contribution is 2.28. The molecule has 0 spiro atoms. The van der Waals surface area contributed by atoms with Crippen LogP contribution in [0, 0.1) is 13.8 Å². The molecule has 9 heteroatoms. The van der Waals surface area contributed by atoms with E-state index in [0.717, 1.165) is 16.8 Å². The maximum absolute atomic E-state index is 12.2. The Morgan fingerprint density at radius 3 is 2.55 bits per heavy atom. The Balaban J connectivity index is 1.80. The van der Waals surface area contributed by atoms with Crippen LogP contribution in [-0.4, -0.2) is 52.7 Å². The van der Waals surface area contributed by atoms with Crippen LogP contribution in [0.15, 0.2) is 53.7 Å². The number of thioether (sulfide) groups is 1. The Bertz CT molecular complexity index is 1050. The van der Waals surface area contributed by atoms with Crippen LogP contribution in [-0.2, 0) is 9.53 Å². The fourth-order valence-corrected chi connectivity index (χ4v) is 3.59. The molecule has 1 heterocycles. The second-order valence-electron chi connectivity index (χ2n) is 6.86. The lowest BCUT2D eigenvalue weighted by Crippen LogP contribution is -2.41. The van der Waals surface area contributed by atoms with E-state index in [0.29, 0.717) is 24.1 Å². The van der Waals surface area contributed by atoms with Crippen molar-refractivity contribution in [2.75, 3.05) is 26.0 Å². The summed E-state index contributed by atoms with van der Waals surface area (Å²) in [7, 11) is 1.54. The average molecular weight is 440 g/mol. The number of hydrogen-bond acceptors (Lipinski definition) is 6. The van der Waals surface area contributed by atoms with E-state index in [2.05, 4.69) is 33.8 Å². The van der Waals surface area contributed by atoms with Gasteiger partial charge in [-0.25, -0.2) is 4.79 Å². The van der Waals surface area contributed by atoms with Crippen LogP contribution in [0.1, 0.15) is 11.1 Å². The van der Waals surface area contributed by atoms with Crippen molar-refractivity contribution < 1.29 is 14.3 Å². The third-order valence-electron chi connectivity index (χ3n) is 4.59. The molecule has 3 amide bonds. The predicted octanol–water partition coefficient (Wildman–Crippen LogP) is 3.12. The molecule has 2 N–H and O–H groups in total. The highest BCUT2D eigenvalue weighted by Gasteiger charge is 2.18. The Morgan fingerprint density at radius 2 is 1.84 bits per heavy atom. The van der Waals surface area contributed by atoms with Crippen molar-refractivity contribution in [3.8, 4) is 17.1 Å². The number of benzene rings is 2. The number of methoxy groups -OCH3 is 1. The monoisotopic (exact) mass is 439 g/mol. The van der Waals surface area contributed by atoms with Gasteiger partial charge >= 0.3 is 6.03 Å². The van der Waals surface area contributed by atoms with Gasteiger partial charge in [0.1, 0.15) is 0 Å². The SMILES string of the molecule is COCCNC(=O)NC(=O)CSc1nnc(-c2ccccc2)n1-c1ccc(C)c(C)c1. The standard InChI is InChI=1S/C22H25N5O3S/c1-15-9-10-18(13-16(15)2)27-20(17-7-5-4-6-8-17)25-26-22(27)31-14-19(28)24-21(29)23-11-12-30-3/h4-10,13H,11-12,14H2,1-3H3,(H2,23,24,28,29). The van der Waals surface area contributed by atoms with E-state index in [-0.39, 0.29) is 5.75 Å². The van der Waals surface area contributed by atoms with Gasteiger partial charge in [-0.2, -0.15) is 0 Å². The lowest BCUT2D eigenvalue weighted by molar-refractivity contribution is -0.117. The number of carbonyl (C=O) groups excluding carboxylic acids is 2. The van der Waals surface area contributed by atoms with E-state index in [1.807, 2.05) is 54.0 Å². The topological polar surface area (TPSA) is 98.1 Å². The third-order valence-corrected chi connectivity index (χ3v) is 5.52. The van der Waals surface area contributed by atoms with Gasteiger partial charge in [-0.3, -0.25) is 14.7 Å². The van der Waals surface area contributed by atoms with Gasteiger partial charge in [0.2, 0.25) is 5.91 Å². The van der Waals surface area contributed by atoms with Crippen LogP contribution < -0.4 is 10.6 Å². The summed E-state index contributed by atoms with van der Waals surface area (Å²) < 4.78 is 6.79. The molecule has 3 rings (SSSR count). The van der Waals surface area contributed by atoms with Gasteiger partial charge in [-0.15, -0.1) is 10.2 Å². The fraction of sp³-hybridized carbons (Fsp3) is 0.273. The normalized spacial score (nSPS) is 10.7. The lowest BCUT2D eigenvalue weighted by atomic mass is 10.1. The van der Waals surface area contributed by atoms with Crippen molar-refractivity contribution in [3.63, 3.8) is 0 Å². The smallest absolute Gasteiger partial charge is 0.321 e. The van der Waals surface area contributed by atoms with Gasteiger partial charge in [-0.05, 0) is 37.1 Å². The zero-order valence-corrected chi connectivity index (χ0v) is 18.5. The average Bonchev–Trinajstić information content (AvgIpc) is 3.19. The second-order valence-corrected chi connectivity index (χ2v) is 7.80. The second kappa shape index (κ2) is 10.7. The molecule has 31 heavy (non-hydrogen) atoms. The number of ether oxygens (including phenoxy) is 1. The molecule has 0 bridgehead atoms. The van der Waals surface area contributed by atoms with Crippen molar-refractivity contribution in [2.24, 2.45) is 0 Å². The largest absolute Gasteiger partial charge is 0.383 e. The molecular formula is C22H25N5O3S. The molecule has 2 aromatic carbocycles. The minimum absolute atomic E-state index is 0.0233. The van der Waals surface area contributed by atoms with Gasteiger partial charge < -0.3 is 10.1 Å². The van der Waals surface area contributed by atoms with Crippen molar-refractivity contribution in [1.29, 1.82) is 0 Å². The Kier molecular flexibility index (Phi) is 7.80. The summed E-state index contributed by atoms with van der Waals surface area (Å²) in [6, 6.07) is 15.3. The molecule has 162 valence electrons. The minimum Gasteiger partial charge on any atom is -0.383 e. The summed E-state index contributed by atoms with van der Waals surface area (Å²) in [6.45, 7) is 4.80. The first-order chi connectivity index (χ1) is 15.0. The molecule has 1 aromatic heterocycles. The third kappa shape index (κ3) is 5.93. The van der Waals surface area contributed by atoms with Crippen LogP contribution in [0.25, 0.3) is 17.1 Å². The van der Waals surface area contributed by atoms with E-state index < -0.39 is 11.9 Å². The highest BCUT2D eigenvalue weighted by molar-refractivity contribution is 7.99. The first-order valence-corrected chi connectivity index (χ1v) is 10.8. The number of nitrogens with zero attached hydrogens (tertiary/aromatic N) is 3. The van der Waals surface area contributed by atoms with E-state index in [9.17, 15) is 9.59 Å². The maximum atomic E-state index is 12.2. The molecule has 0 saturated heterocycles. The summed E-state index contributed by atoms with van der Waals surface area (Å²) in [6.07, 6.45) is 0. The molecule has 0 aliphatic rings. The van der Waals surface area contributed by atoms with Crippen molar-refractivity contribution in [3.05, 3.63) is 59.7 Å². The fourth-order valence-electron chi connectivity index (χ4n) is 2.84. The van der Waals surface area contributed by atoms with Crippen molar-refractivity contribution >= 4 is 23.7 Å². The summed E-state index contributed by atoms with van der Waals surface area (Å²) in [5.74, 6) is 0.287. The molecule has 0 atom stereocenters. The number of aromatic nitrogens is 3. The van der Waals surface area contributed by atoms with E-state index in [4.69, 9.17) is 4.74 Å². The van der Waals surface area contributed by atoms with Gasteiger partial charge in [0.25, 0.3) is 0 Å². The molecule has 3 aromatic rings. The van der Waals surface area contributed by atoms with Gasteiger partial charge in [0, 0.05) is 19.2 Å². The molecule has 0 aliphatic carbocycles. The van der Waals surface area contributed by atoms with Crippen LogP contribution >= 0.6 is 11.8 Å². The maximum Gasteiger partial charge on any atom is 0.321 e. The van der Waals surface area contributed by atoms with E-state index in [1.54, 1.807) is 0 Å². The van der Waals surface area contributed by atoms with Crippen LogP contribution in [0.3, 0.4) is 0 Å². The zero-order valence-electron chi connectivity index (χ0n) is 17.7. The number of imide groups is 1. The molecule has 0 fully saturated rings. The van der Waals surface area contributed by atoms with Gasteiger partial charge in [0.05, 0.1) is 18.0 Å². The first kappa shape index (κ1) is 22.5. The van der Waals surface area contributed by atoms with Gasteiger partial charge in [-0.1, -0.05) is 48.2 Å². The molecular weight excluding hydrogens is 414 g/mol. The zero-order chi connectivity index (χ0) is 22.2. The molecule has 8 nitrogen and oxygen atoms in total. The molecule has 0 unspecified atom stereocenters. The number of aryl methyl sites for hydroxylation is 2. The van der Waals surface area contributed by atoms with Crippen LogP contribution in [0.5, 0.6) is 0 Å². The Morgan fingerprint density at radius 1 is 1.06 bits per heavy atom. The first-order valence-electron chi connectivity index (χ1n) is 9.77. The lowest BCUT2D eigenvalue weighted by Gasteiger charge is -2.12. The van der Waals surface area contributed by atoms with E-state index in [1.165, 1.54) is 24.4 Å². The quantitative estimate of drug-likeness (QED) is 0.413. The highest BCUT2D eigenvalue weighted by atomic mass is 32.2. The summed E-state index contributed by atoms with van der Waals surface area (Å²) in [5, 5.41) is 14.1. The number of hydrogen-bond donors (Lipinski definition) is 2. The predicted molar refractivity (Wildman–Crippen MR) is 120 cm³/mol. The minimum atomic E-state index is -0.553. The van der Waals surface area contributed by atoms with Gasteiger partial charge in [0.15, 0.2) is 11.0 Å². The Labute approximate surface area is 185 Å².